The number of carbonyl (C=O) groups is 1. The number of phenols is 1. The van der Waals surface area contributed by atoms with E-state index < -0.39 is 23.3 Å². The number of fused-ring (bicyclic) bond motifs is 1. The van der Waals surface area contributed by atoms with Gasteiger partial charge in [0, 0.05) is 56.3 Å². The van der Waals surface area contributed by atoms with Gasteiger partial charge in [0.15, 0.2) is 5.82 Å². The Morgan fingerprint density at radius 3 is 2.40 bits per heavy atom. The number of rotatable bonds is 5. The van der Waals surface area contributed by atoms with Crippen molar-refractivity contribution in [3.05, 3.63) is 53.6 Å². The third-order valence-corrected chi connectivity index (χ3v) is 7.99. The third kappa shape index (κ3) is 4.48. The summed E-state index contributed by atoms with van der Waals surface area (Å²) < 4.78 is 57.7. The lowest BCUT2D eigenvalue weighted by Gasteiger charge is -2.51. The Kier molecular flexibility index (Phi) is 6.49. The first kappa shape index (κ1) is 26.6. The molecule has 2 aromatic carbocycles. The molecule has 0 unspecified atom stereocenters. The summed E-state index contributed by atoms with van der Waals surface area (Å²) in [6.07, 6.45) is 1.25. The number of piperazine rings is 1. The van der Waals surface area contributed by atoms with E-state index in [1.165, 1.54) is 24.3 Å². The second-order valence-corrected chi connectivity index (χ2v) is 10.7. The van der Waals surface area contributed by atoms with Gasteiger partial charge in [-0.2, -0.15) is 4.98 Å². The van der Waals surface area contributed by atoms with Crippen LogP contribution in [-0.2, 0) is 4.79 Å². The molecule has 13 heteroatoms. The van der Waals surface area contributed by atoms with E-state index in [4.69, 9.17) is 16.6 Å². The third-order valence-electron chi connectivity index (χ3n) is 7.69. The Morgan fingerprint density at radius 2 is 1.77 bits per heavy atom. The van der Waals surface area contributed by atoms with Crippen LogP contribution in [0.4, 0.5) is 29.3 Å². The number of halogens is 5. The molecule has 3 saturated heterocycles. The van der Waals surface area contributed by atoms with Crippen molar-refractivity contribution >= 4 is 40.2 Å². The van der Waals surface area contributed by atoms with Crippen LogP contribution in [-0.4, -0.2) is 95.1 Å². The molecule has 1 N–H and O–H groups in total. The predicted molar refractivity (Wildman–Crippen MR) is 143 cm³/mol. The number of aromatic nitrogens is 2. The van der Waals surface area contributed by atoms with Gasteiger partial charge in [-0.1, -0.05) is 24.2 Å². The summed E-state index contributed by atoms with van der Waals surface area (Å²) in [6, 6.07) is 4.97. The molecule has 1 amide bonds. The summed E-state index contributed by atoms with van der Waals surface area (Å²) in [4.78, 5) is 28.3. The van der Waals surface area contributed by atoms with Gasteiger partial charge in [0.1, 0.15) is 22.9 Å². The Balaban J connectivity index is 1.41. The molecule has 210 valence electrons. The Hall–Kier alpha value is -3.64. The first-order valence-electron chi connectivity index (χ1n) is 12.8. The maximum absolute atomic E-state index is 16.2. The van der Waals surface area contributed by atoms with E-state index in [9.17, 15) is 23.1 Å². The molecular weight excluding hydrogens is 552 g/mol. The average Bonchev–Trinajstić information content (AvgIpc) is 2.88. The lowest BCUT2D eigenvalue weighted by molar-refractivity contribution is -0.148. The predicted octanol–water partition coefficient (Wildman–Crippen LogP) is 3.91. The molecule has 3 aliphatic rings. The van der Waals surface area contributed by atoms with Gasteiger partial charge in [0.05, 0.1) is 23.7 Å². The van der Waals surface area contributed by atoms with E-state index in [1.54, 1.807) is 14.7 Å². The molecule has 6 rings (SSSR count). The zero-order valence-electron chi connectivity index (χ0n) is 21.3. The molecule has 3 fully saturated rings. The van der Waals surface area contributed by atoms with Crippen molar-refractivity contribution in [2.24, 2.45) is 0 Å². The lowest BCUT2D eigenvalue weighted by atomic mass is 10.00. The van der Waals surface area contributed by atoms with E-state index in [2.05, 4.69) is 11.6 Å². The van der Waals surface area contributed by atoms with Gasteiger partial charge in [-0.3, -0.25) is 9.69 Å². The number of alkyl halides is 2. The van der Waals surface area contributed by atoms with E-state index >= 15 is 4.39 Å². The minimum atomic E-state index is -2.68. The first-order chi connectivity index (χ1) is 19.1. The van der Waals surface area contributed by atoms with E-state index in [0.29, 0.717) is 45.1 Å². The van der Waals surface area contributed by atoms with Crippen LogP contribution in [0.25, 0.3) is 22.0 Å². The number of anilines is 2. The summed E-state index contributed by atoms with van der Waals surface area (Å²) in [5.41, 5.74) is -0.829. The summed E-state index contributed by atoms with van der Waals surface area (Å²) in [5.74, 6) is -4.55. The maximum atomic E-state index is 16.2. The van der Waals surface area contributed by atoms with Gasteiger partial charge in [0.2, 0.25) is 11.9 Å². The second kappa shape index (κ2) is 9.77. The highest BCUT2D eigenvalue weighted by molar-refractivity contribution is 6.34. The van der Waals surface area contributed by atoms with Gasteiger partial charge in [-0.15, -0.1) is 0 Å². The minimum Gasteiger partial charge on any atom is -0.507 e. The van der Waals surface area contributed by atoms with Gasteiger partial charge >= 0.3 is 0 Å². The van der Waals surface area contributed by atoms with Crippen molar-refractivity contribution in [3.8, 4) is 16.9 Å². The molecular formula is C27H25ClF4N6O2. The fourth-order valence-electron chi connectivity index (χ4n) is 5.46. The van der Waals surface area contributed by atoms with Crippen molar-refractivity contribution in [2.45, 2.75) is 12.0 Å². The molecule has 0 atom stereocenters. The van der Waals surface area contributed by atoms with Crippen molar-refractivity contribution in [2.75, 3.05) is 62.2 Å². The van der Waals surface area contributed by atoms with Crippen molar-refractivity contribution < 1.29 is 27.5 Å². The summed E-state index contributed by atoms with van der Waals surface area (Å²) >= 11 is 6.49. The lowest BCUT2D eigenvalue weighted by Crippen LogP contribution is -2.69. The fraction of sp³-hybridized carbons (Fsp3) is 0.370. The van der Waals surface area contributed by atoms with Crippen LogP contribution in [0.3, 0.4) is 0 Å². The van der Waals surface area contributed by atoms with Crippen LogP contribution >= 0.6 is 11.6 Å². The van der Waals surface area contributed by atoms with Crippen molar-refractivity contribution in [3.63, 3.8) is 0 Å². The van der Waals surface area contributed by atoms with Crippen LogP contribution in [0.2, 0.25) is 5.02 Å². The largest absolute Gasteiger partial charge is 0.507 e. The highest BCUT2D eigenvalue weighted by Crippen LogP contribution is 2.43. The van der Waals surface area contributed by atoms with Gasteiger partial charge in [0.25, 0.3) is 5.92 Å². The fourth-order valence-corrected chi connectivity index (χ4v) is 5.75. The smallest absolute Gasteiger partial charge is 0.272 e. The molecule has 0 spiro atoms. The van der Waals surface area contributed by atoms with Crippen LogP contribution in [0.15, 0.2) is 36.9 Å². The monoisotopic (exact) mass is 576 g/mol. The number of hydrogen-bond acceptors (Lipinski definition) is 7. The Morgan fingerprint density at radius 1 is 1.07 bits per heavy atom. The highest BCUT2D eigenvalue weighted by Gasteiger charge is 2.49. The maximum Gasteiger partial charge on any atom is 0.272 e. The number of benzene rings is 2. The Labute approximate surface area is 232 Å². The number of carbonyl (C=O) groups excluding carboxylic acids is 1. The number of hydrogen-bond donors (Lipinski definition) is 1. The van der Waals surface area contributed by atoms with Gasteiger partial charge < -0.3 is 19.8 Å². The summed E-state index contributed by atoms with van der Waals surface area (Å²) in [6.45, 7) is 5.26. The zero-order valence-corrected chi connectivity index (χ0v) is 22.0. The first-order valence-corrected chi connectivity index (χ1v) is 13.1. The molecule has 0 radical (unpaired) electrons. The van der Waals surface area contributed by atoms with Gasteiger partial charge in [-0.05, 0) is 24.3 Å². The van der Waals surface area contributed by atoms with Crippen LogP contribution in [0, 0.1) is 11.6 Å². The zero-order chi connectivity index (χ0) is 28.3. The van der Waals surface area contributed by atoms with E-state index in [1.807, 2.05) is 4.90 Å². The number of amides is 1. The van der Waals surface area contributed by atoms with Crippen molar-refractivity contribution in [1.82, 2.24) is 19.8 Å². The molecule has 3 aliphatic heterocycles. The number of likely N-dealkylation sites (tertiary alicyclic amines) is 1. The van der Waals surface area contributed by atoms with E-state index in [-0.39, 0.29) is 58.0 Å². The molecule has 0 saturated carbocycles. The molecule has 0 bridgehead atoms. The number of nitrogens with zero attached hydrogens (tertiary/aromatic N) is 6. The second-order valence-electron chi connectivity index (χ2n) is 10.3. The summed E-state index contributed by atoms with van der Waals surface area (Å²) in [5, 5.41) is 10.5. The normalized spacial score (nSPS) is 19.5. The minimum absolute atomic E-state index is 0.100. The topological polar surface area (TPSA) is 76.0 Å². The van der Waals surface area contributed by atoms with Crippen LogP contribution < -0.4 is 9.80 Å². The van der Waals surface area contributed by atoms with Crippen LogP contribution in [0.1, 0.15) is 0 Å². The molecule has 40 heavy (non-hydrogen) atoms. The number of phenolic OH excluding ortho intramolecular Hbond substituents is 1. The van der Waals surface area contributed by atoms with Crippen LogP contribution in [0.5, 0.6) is 5.75 Å². The Bertz CT molecular complexity index is 1500. The average molecular weight is 577 g/mol. The van der Waals surface area contributed by atoms with Gasteiger partial charge in [-0.25, -0.2) is 22.5 Å². The molecule has 0 aliphatic carbocycles. The molecule has 3 aromatic rings. The highest BCUT2D eigenvalue weighted by atomic mass is 35.5. The number of aromatic hydroxyl groups is 1. The van der Waals surface area contributed by atoms with E-state index in [0.717, 1.165) is 6.07 Å². The molecule has 1 aromatic heterocycles. The molecule has 8 nitrogen and oxygen atoms in total. The standard InChI is InChI=1S/C27H25ClF4N6O2/c1-2-20(40)35-6-8-36(9-7-35)25-16-10-17(28)21(22-18(29)4-3-5-19(22)39)23(30)24(16)33-26(34-25)37-11-15(12-37)38-13-27(31,32)14-38/h2-5,10,15,39H,1,6-9,11-14H2. The quantitative estimate of drug-likeness (QED) is 0.365. The SMILES string of the molecule is C=CC(=O)N1CCN(c2nc(N3CC(N4CC(F)(F)C4)C3)nc3c(F)c(-c4c(O)cccc4F)c(Cl)cc23)CC1. The molecule has 4 heterocycles. The van der Waals surface area contributed by atoms with Crippen molar-refractivity contribution in [1.29, 1.82) is 0 Å². The summed E-state index contributed by atoms with van der Waals surface area (Å²) in [7, 11) is 0.